The van der Waals surface area contributed by atoms with E-state index < -0.39 is 24.7 Å². The van der Waals surface area contributed by atoms with Crippen LogP contribution in [-0.4, -0.2) is 23.5 Å². The smallest absolute Gasteiger partial charge is 0.464 e. The zero-order valence-electron chi connectivity index (χ0n) is 17.2. The van der Waals surface area contributed by atoms with E-state index in [9.17, 15) is 19.5 Å². The van der Waals surface area contributed by atoms with Gasteiger partial charge in [0.05, 0.1) is 11.5 Å². The third kappa shape index (κ3) is 7.50. The molecule has 0 aliphatic heterocycles. The molecular formula is C20H25N2O7P. The molecule has 10 heteroatoms. The van der Waals surface area contributed by atoms with Crippen molar-refractivity contribution in [2.45, 2.75) is 33.7 Å². The lowest BCUT2D eigenvalue weighted by Crippen LogP contribution is -2.37. The van der Waals surface area contributed by atoms with E-state index in [1.54, 1.807) is 30.3 Å². The number of esters is 1. The van der Waals surface area contributed by atoms with Crippen LogP contribution in [0.1, 0.15) is 27.7 Å². The molecule has 0 spiro atoms. The SMILES string of the molecule is C[C@H](N[P@](=O)(Oc1ccccc1)Oc1ccc([N+](=O)[O-])cc1)C(=O)OCC(C)(C)C. The molecule has 0 heterocycles. The number of hydrogen-bond donors (Lipinski definition) is 1. The Hall–Kier alpha value is -2.90. The Bertz CT molecular complexity index is 911. The number of hydrogen-bond acceptors (Lipinski definition) is 7. The summed E-state index contributed by atoms with van der Waals surface area (Å²) in [5.74, 6) is -0.290. The Morgan fingerprint density at radius 2 is 1.60 bits per heavy atom. The van der Waals surface area contributed by atoms with Gasteiger partial charge >= 0.3 is 13.7 Å². The van der Waals surface area contributed by atoms with E-state index >= 15 is 0 Å². The molecule has 162 valence electrons. The highest BCUT2D eigenvalue weighted by molar-refractivity contribution is 7.52. The van der Waals surface area contributed by atoms with E-state index in [4.69, 9.17) is 13.8 Å². The van der Waals surface area contributed by atoms with Gasteiger partial charge in [0, 0.05) is 12.1 Å². The number of carbonyl (C=O) groups is 1. The van der Waals surface area contributed by atoms with E-state index in [1.807, 2.05) is 20.8 Å². The molecule has 0 aliphatic carbocycles. The molecule has 0 aromatic heterocycles. The van der Waals surface area contributed by atoms with Crippen molar-refractivity contribution in [1.29, 1.82) is 0 Å². The highest BCUT2D eigenvalue weighted by atomic mass is 31.2. The second kappa shape index (κ2) is 9.73. The van der Waals surface area contributed by atoms with E-state index in [0.717, 1.165) is 0 Å². The Labute approximate surface area is 175 Å². The fraction of sp³-hybridized carbons (Fsp3) is 0.350. The van der Waals surface area contributed by atoms with Crippen LogP contribution in [0.25, 0.3) is 0 Å². The molecule has 0 aliphatic rings. The number of nitrogens with one attached hydrogen (secondary N) is 1. The summed E-state index contributed by atoms with van der Waals surface area (Å²) >= 11 is 0. The highest BCUT2D eigenvalue weighted by Crippen LogP contribution is 2.45. The lowest BCUT2D eigenvalue weighted by atomic mass is 9.99. The number of nitro benzene ring substituents is 1. The van der Waals surface area contributed by atoms with Crippen LogP contribution in [0.4, 0.5) is 5.69 Å². The van der Waals surface area contributed by atoms with Crippen molar-refractivity contribution < 1.29 is 28.1 Å². The molecule has 0 bridgehead atoms. The van der Waals surface area contributed by atoms with E-state index in [2.05, 4.69) is 5.09 Å². The third-order valence-corrected chi connectivity index (χ3v) is 5.20. The second-order valence-corrected chi connectivity index (χ2v) is 9.38. The molecule has 2 aromatic carbocycles. The van der Waals surface area contributed by atoms with Gasteiger partial charge in [0.15, 0.2) is 0 Å². The molecule has 0 fully saturated rings. The van der Waals surface area contributed by atoms with Crippen molar-refractivity contribution in [3.63, 3.8) is 0 Å². The lowest BCUT2D eigenvalue weighted by Gasteiger charge is -2.24. The Kier molecular flexibility index (Phi) is 7.59. The van der Waals surface area contributed by atoms with Crippen LogP contribution in [0, 0.1) is 15.5 Å². The summed E-state index contributed by atoms with van der Waals surface area (Å²) in [4.78, 5) is 22.6. The van der Waals surface area contributed by atoms with Crippen molar-refractivity contribution in [2.75, 3.05) is 6.61 Å². The molecule has 2 rings (SSSR count). The van der Waals surface area contributed by atoms with E-state index in [0.29, 0.717) is 0 Å². The van der Waals surface area contributed by atoms with Crippen LogP contribution < -0.4 is 14.1 Å². The van der Waals surface area contributed by atoms with E-state index in [-0.39, 0.29) is 29.2 Å². The van der Waals surface area contributed by atoms with Gasteiger partial charge in [0.2, 0.25) is 0 Å². The summed E-state index contributed by atoms with van der Waals surface area (Å²) in [5, 5.41) is 13.4. The predicted molar refractivity (Wildman–Crippen MR) is 111 cm³/mol. The van der Waals surface area contributed by atoms with E-state index in [1.165, 1.54) is 31.2 Å². The normalized spacial score (nSPS) is 14.3. The first-order chi connectivity index (χ1) is 14.0. The molecule has 0 saturated carbocycles. The minimum absolute atomic E-state index is 0.0719. The average molecular weight is 436 g/mol. The number of non-ortho nitro benzene ring substituents is 1. The monoisotopic (exact) mass is 436 g/mol. The van der Waals surface area contributed by atoms with Gasteiger partial charge in [0.25, 0.3) is 5.69 Å². The first-order valence-electron chi connectivity index (χ1n) is 9.21. The van der Waals surface area contributed by atoms with Gasteiger partial charge in [0.1, 0.15) is 17.5 Å². The molecule has 2 aromatic rings. The van der Waals surface area contributed by atoms with Gasteiger partial charge in [-0.25, -0.2) is 4.57 Å². The minimum Gasteiger partial charge on any atom is -0.464 e. The molecule has 0 radical (unpaired) electrons. The Morgan fingerprint density at radius 3 is 2.10 bits per heavy atom. The maximum atomic E-state index is 13.4. The number of nitro groups is 1. The minimum atomic E-state index is -4.10. The number of nitrogens with zero attached hydrogens (tertiary/aromatic N) is 1. The number of rotatable bonds is 9. The topological polar surface area (TPSA) is 117 Å². The van der Waals surface area contributed by atoms with Crippen LogP contribution in [-0.2, 0) is 14.1 Å². The largest absolute Gasteiger partial charge is 0.513 e. The summed E-state index contributed by atoms with van der Waals surface area (Å²) in [5.41, 5.74) is -0.372. The third-order valence-electron chi connectivity index (χ3n) is 3.59. The predicted octanol–water partition coefficient (Wildman–Crippen LogP) is 4.73. The van der Waals surface area contributed by atoms with Crippen LogP contribution >= 0.6 is 7.75 Å². The van der Waals surface area contributed by atoms with Crippen LogP contribution in [0.2, 0.25) is 0 Å². The van der Waals surface area contributed by atoms with Crippen molar-refractivity contribution in [3.8, 4) is 11.5 Å². The van der Waals surface area contributed by atoms with Gasteiger partial charge in [-0.2, -0.15) is 5.09 Å². The van der Waals surface area contributed by atoms with Gasteiger partial charge in [-0.05, 0) is 36.6 Å². The maximum absolute atomic E-state index is 13.4. The summed E-state index contributed by atoms with van der Waals surface area (Å²) in [6.07, 6.45) is 0. The second-order valence-electron chi connectivity index (χ2n) is 7.76. The number of para-hydroxylation sites is 1. The number of ether oxygens (including phenoxy) is 1. The fourth-order valence-corrected chi connectivity index (χ4v) is 3.68. The molecule has 9 nitrogen and oxygen atoms in total. The number of benzene rings is 2. The van der Waals surface area contributed by atoms with Crippen LogP contribution in [0.3, 0.4) is 0 Å². The van der Waals surface area contributed by atoms with Crippen LogP contribution in [0.15, 0.2) is 54.6 Å². The van der Waals surface area contributed by atoms with Crippen molar-refractivity contribution in [3.05, 3.63) is 64.7 Å². The van der Waals surface area contributed by atoms with Gasteiger partial charge < -0.3 is 13.8 Å². The molecule has 30 heavy (non-hydrogen) atoms. The van der Waals surface area contributed by atoms with Crippen molar-refractivity contribution in [1.82, 2.24) is 5.09 Å². The zero-order chi connectivity index (χ0) is 22.4. The summed E-state index contributed by atoms with van der Waals surface area (Å²) in [7, 11) is -4.10. The summed E-state index contributed by atoms with van der Waals surface area (Å²) in [6.45, 7) is 7.41. The molecule has 2 atom stereocenters. The van der Waals surface area contributed by atoms with Gasteiger partial charge in [-0.15, -0.1) is 0 Å². The molecule has 0 unspecified atom stereocenters. The molecular weight excluding hydrogens is 411 g/mol. The first kappa shape index (κ1) is 23.4. The van der Waals surface area contributed by atoms with Crippen LogP contribution in [0.5, 0.6) is 11.5 Å². The van der Waals surface area contributed by atoms with Gasteiger partial charge in [-0.3, -0.25) is 14.9 Å². The summed E-state index contributed by atoms with van der Waals surface area (Å²) in [6, 6.07) is 12.3. The fourth-order valence-electron chi connectivity index (χ4n) is 2.16. The standard InChI is InChI=1S/C20H25N2O7P/c1-15(19(23)27-14-20(2,3)4)21-30(26,28-17-8-6-5-7-9-17)29-18-12-10-16(11-13-18)22(24)25/h5-13,15H,14H2,1-4H3,(H,21,26)/t15-,30-/m0/s1. The molecule has 0 saturated heterocycles. The van der Waals surface area contributed by atoms with Crippen molar-refractivity contribution >= 4 is 19.4 Å². The highest BCUT2D eigenvalue weighted by Gasteiger charge is 2.34. The summed E-state index contributed by atoms with van der Waals surface area (Å²) < 4.78 is 29.7. The Balaban J connectivity index is 2.19. The average Bonchev–Trinajstić information content (AvgIpc) is 2.66. The molecule has 0 amide bonds. The van der Waals surface area contributed by atoms with Crippen molar-refractivity contribution in [2.24, 2.45) is 5.41 Å². The Morgan fingerprint density at radius 1 is 1.07 bits per heavy atom. The van der Waals surface area contributed by atoms with Gasteiger partial charge in [-0.1, -0.05) is 39.0 Å². The maximum Gasteiger partial charge on any atom is 0.513 e. The first-order valence-corrected chi connectivity index (χ1v) is 10.7. The molecule has 1 N–H and O–H groups in total. The lowest BCUT2D eigenvalue weighted by molar-refractivity contribution is -0.384. The number of carbonyl (C=O) groups excluding carboxylic acids is 1. The quantitative estimate of drug-likeness (QED) is 0.260. The zero-order valence-corrected chi connectivity index (χ0v) is 18.1.